The fraction of sp³-hybridized carbons (Fsp3) is 1.00. The van der Waals surface area contributed by atoms with Crippen molar-refractivity contribution in [3.8, 4) is 0 Å². The number of rotatable bonds is 9. The lowest BCUT2D eigenvalue weighted by Gasteiger charge is -2.27. The van der Waals surface area contributed by atoms with E-state index in [1.807, 2.05) is 0 Å². The summed E-state index contributed by atoms with van der Waals surface area (Å²) in [6.45, 7) is 5.08. The van der Waals surface area contributed by atoms with Crippen molar-refractivity contribution >= 4 is 0 Å². The normalized spacial score (nSPS) is 19.1. The highest BCUT2D eigenvalue weighted by Gasteiger charge is 2.31. The molecule has 0 amide bonds. The number of aliphatic hydroxyl groups excluding tert-OH is 1. The van der Waals surface area contributed by atoms with Gasteiger partial charge in [0.15, 0.2) is 0 Å². The van der Waals surface area contributed by atoms with Crippen LogP contribution in [0.5, 0.6) is 0 Å². The van der Waals surface area contributed by atoms with Crippen LogP contribution in [0, 0.1) is 5.41 Å². The molecule has 1 rings (SSSR count). The SMILES string of the molecule is CCC1(CNCCCCCCO)CCCC1. The van der Waals surface area contributed by atoms with Gasteiger partial charge in [0, 0.05) is 13.2 Å². The summed E-state index contributed by atoms with van der Waals surface area (Å²) < 4.78 is 0. The third kappa shape index (κ3) is 4.84. The first kappa shape index (κ1) is 14.0. The average molecular weight is 227 g/mol. The largest absolute Gasteiger partial charge is 0.396 e. The van der Waals surface area contributed by atoms with Crippen LogP contribution in [0.1, 0.15) is 64.7 Å². The summed E-state index contributed by atoms with van der Waals surface area (Å²) in [6.07, 6.45) is 11.7. The quantitative estimate of drug-likeness (QED) is 0.593. The maximum atomic E-state index is 8.66. The van der Waals surface area contributed by atoms with Crippen LogP contribution in [-0.2, 0) is 0 Å². The molecule has 0 saturated heterocycles. The molecule has 2 N–H and O–H groups in total. The van der Waals surface area contributed by atoms with Crippen molar-refractivity contribution in [3.63, 3.8) is 0 Å². The molecule has 0 aromatic carbocycles. The molecule has 0 aliphatic heterocycles. The molecule has 1 saturated carbocycles. The van der Waals surface area contributed by atoms with E-state index in [2.05, 4.69) is 12.2 Å². The summed E-state index contributed by atoms with van der Waals surface area (Å²) in [5.74, 6) is 0. The Bertz CT molecular complexity index is 164. The molecule has 1 aliphatic carbocycles. The van der Waals surface area contributed by atoms with E-state index in [0.717, 1.165) is 13.0 Å². The summed E-state index contributed by atoms with van der Waals surface area (Å²) in [4.78, 5) is 0. The van der Waals surface area contributed by atoms with Crippen molar-refractivity contribution in [2.45, 2.75) is 64.7 Å². The monoisotopic (exact) mass is 227 g/mol. The fourth-order valence-electron chi connectivity index (χ4n) is 2.85. The zero-order chi connectivity index (χ0) is 11.7. The maximum absolute atomic E-state index is 8.66. The summed E-state index contributed by atoms with van der Waals surface area (Å²) in [5, 5.41) is 12.3. The molecule has 0 heterocycles. The predicted molar refractivity (Wildman–Crippen MR) is 69.6 cm³/mol. The molecule has 0 unspecified atom stereocenters. The Morgan fingerprint density at radius 2 is 1.75 bits per heavy atom. The molecule has 0 radical (unpaired) electrons. The predicted octanol–water partition coefficient (Wildman–Crippen LogP) is 3.10. The van der Waals surface area contributed by atoms with Crippen molar-refractivity contribution in [2.75, 3.05) is 19.7 Å². The molecule has 2 heteroatoms. The van der Waals surface area contributed by atoms with Crippen LogP contribution in [0.2, 0.25) is 0 Å². The van der Waals surface area contributed by atoms with Crippen LogP contribution in [0.25, 0.3) is 0 Å². The first-order valence-electron chi connectivity index (χ1n) is 7.14. The van der Waals surface area contributed by atoms with Gasteiger partial charge in [-0.05, 0) is 44.1 Å². The molecule has 0 spiro atoms. The molecule has 1 fully saturated rings. The molecule has 0 aromatic heterocycles. The van der Waals surface area contributed by atoms with Crippen molar-refractivity contribution in [2.24, 2.45) is 5.41 Å². The van der Waals surface area contributed by atoms with Crippen LogP contribution in [0.4, 0.5) is 0 Å². The van der Waals surface area contributed by atoms with E-state index in [1.165, 1.54) is 57.9 Å². The average Bonchev–Trinajstić information content (AvgIpc) is 2.77. The lowest BCUT2D eigenvalue weighted by Crippen LogP contribution is -2.32. The van der Waals surface area contributed by atoms with E-state index in [4.69, 9.17) is 5.11 Å². The molecule has 0 bridgehead atoms. The molecular weight excluding hydrogens is 198 g/mol. The van der Waals surface area contributed by atoms with E-state index in [1.54, 1.807) is 0 Å². The van der Waals surface area contributed by atoms with Crippen LogP contribution < -0.4 is 5.32 Å². The van der Waals surface area contributed by atoms with Crippen molar-refractivity contribution < 1.29 is 5.11 Å². The first-order valence-corrected chi connectivity index (χ1v) is 7.14. The number of hydrogen-bond donors (Lipinski definition) is 2. The maximum Gasteiger partial charge on any atom is 0.0431 e. The highest BCUT2D eigenvalue weighted by atomic mass is 16.2. The standard InChI is InChI=1S/C14H29NO/c1-2-14(9-5-6-10-14)13-15-11-7-3-4-8-12-16/h15-16H,2-13H2,1H3. The molecule has 0 aromatic rings. The van der Waals surface area contributed by atoms with E-state index >= 15 is 0 Å². The molecule has 16 heavy (non-hydrogen) atoms. The first-order chi connectivity index (χ1) is 7.83. The van der Waals surface area contributed by atoms with E-state index in [9.17, 15) is 0 Å². The van der Waals surface area contributed by atoms with Gasteiger partial charge in [0.05, 0.1) is 0 Å². The summed E-state index contributed by atoms with van der Waals surface area (Å²) in [7, 11) is 0. The second-order valence-corrected chi connectivity index (χ2v) is 5.38. The van der Waals surface area contributed by atoms with Crippen molar-refractivity contribution in [3.05, 3.63) is 0 Å². The van der Waals surface area contributed by atoms with Gasteiger partial charge in [-0.3, -0.25) is 0 Å². The van der Waals surface area contributed by atoms with Crippen LogP contribution in [-0.4, -0.2) is 24.8 Å². The zero-order valence-electron chi connectivity index (χ0n) is 10.9. The minimum atomic E-state index is 0.354. The van der Waals surface area contributed by atoms with Gasteiger partial charge < -0.3 is 10.4 Å². The highest BCUT2D eigenvalue weighted by molar-refractivity contribution is 4.85. The molecular formula is C14H29NO. The van der Waals surface area contributed by atoms with Gasteiger partial charge in [0.1, 0.15) is 0 Å². The summed E-state index contributed by atoms with van der Waals surface area (Å²) in [6, 6.07) is 0. The number of hydrogen-bond acceptors (Lipinski definition) is 2. The smallest absolute Gasteiger partial charge is 0.0431 e. The Balaban J connectivity index is 1.97. The number of aliphatic hydroxyl groups is 1. The fourth-order valence-corrected chi connectivity index (χ4v) is 2.85. The minimum Gasteiger partial charge on any atom is -0.396 e. The zero-order valence-corrected chi connectivity index (χ0v) is 10.9. The summed E-state index contributed by atoms with van der Waals surface area (Å²) >= 11 is 0. The molecule has 0 atom stereocenters. The Kier molecular flexibility index (Phi) is 7.06. The van der Waals surface area contributed by atoms with Crippen molar-refractivity contribution in [1.82, 2.24) is 5.32 Å². The lowest BCUT2D eigenvalue weighted by molar-refractivity contribution is 0.266. The molecule has 96 valence electrons. The van der Waals surface area contributed by atoms with Gasteiger partial charge in [-0.2, -0.15) is 0 Å². The summed E-state index contributed by atoms with van der Waals surface area (Å²) in [5.41, 5.74) is 0.630. The van der Waals surface area contributed by atoms with Crippen LogP contribution >= 0.6 is 0 Å². The second kappa shape index (κ2) is 8.08. The third-order valence-electron chi connectivity index (χ3n) is 4.18. The number of nitrogens with one attached hydrogen (secondary N) is 1. The van der Waals surface area contributed by atoms with Crippen LogP contribution in [0.15, 0.2) is 0 Å². The Hall–Kier alpha value is -0.0800. The van der Waals surface area contributed by atoms with Gasteiger partial charge in [-0.25, -0.2) is 0 Å². The third-order valence-corrected chi connectivity index (χ3v) is 4.18. The second-order valence-electron chi connectivity index (χ2n) is 5.38. The minimum absolute atomic E-state index is 0.354. The van der Waals surface area contributed by atoms with E-state index < -0.39 is 0 Å². The Morgan fingerprint density at radius 1 is 1.06 bits per heavy atom. The number of unbranched alkanes of at least 4 members (excludes halogenated alkanes) is 3. The topological polar surface area (TPSA) is 32.3 Å². The van der Waals surface area contributed by atoms with Crippen LogP contribution in [0.3, 0.4) is 0 Å². The van der Waals surface area contributed by atoms with Gasteiger partial charge in [0.25, 0.3) is 0 Å². The molecule has 1 aliphatic rings. The highest BCUT2D eigenvalue weighted by Crippen LogP contribution is 2.40. The Labute approximate surface area is 101 Å². The van der Waals surface area contributed by atoms with E-state index in [-0.39, 0.29) is 0 Å². The Morgan fingerprint density at radius 3 is 2.38 bits per heavy atom. The van der Waals surface area contributed by atoms with Crippen molar-refractivity contribution in [1.29, 1.82) is 0 Å². The van der Waals surface area contributed by atoms with Gasteiger partial charge in [0.2, 0.25) is 0 Å². The van der Waals surface area contributed by atoms with Gasteiger partial charge in [-0.1, -0.05) is 32.6 Å². The van der Waals surface area contributed by atoms with Gasteiger partial charge in [-0.15, -0.1) is 0 Å². The lowest BCUT2D eigenvalue weighted by atomic mass is 9.83. The van der Waals surface area contributed by atoms with Gasteiger partial charge >= 0.3 is 0 Å². The van der Waals surface area contributed by atoms with E-state index in [0.29, 0.717) is 12.0 Å². The molecule has 2 nitrogen and oxygen atoms in total.